The number of fused-ring (bicyclic) bond motifs is 1. The van der Waals surface area contributed by atoms with Gasteiger partial charge in [-0.05, 0) is 22.0 Å². The van der Waals surface area contributed by atoms with Gasteiger partial charge in [0.1, 0.15) is 5.56 Å². The van der Waals surface area contributed by atoms with Crippen LogP contribution in [0.2, 0.25) is 0 Å². The predicted octanol–water partition coefficient (Wildman–Crippen LogP) is 1.85. The Morgan fingerprint density at radius 1 is 1.67 bits per heavy atom. The molecule has 2 N–H and O–H groups in total. The number of carbonyl (C=O) groups is 1. The fraction of sp³-hybridized carbons (Fsp3) is 0.273. The van der Waals surface area contributed by atoms with Gasteiger partial charge in [0.05, 0.1) is 28.5 Å². The molecule has 0 aliphatic carbocycles. The van der Waals surface area contributed by atoms with Gasteiger partial charge >= 0.3 is 5.97 Å². The lowest BCUT2D eigenvalue weighted by Gasteiger charge is -2.08. The molecule has 96 valence electrons. The van der Waals surface area contributed by atoms with Crippen molar-refractivity contribution in [3.8, 4) is 0 Å². The van der Waals surface area contributed by atoms with Crippen LogP contribution in [0.25, 0.3) is 5.52 Å². The standard InChI is InChI=1S/C11H12BrN3O3/c1-18-3-2-13-9-4-10-7(11(16)17)5-14-15(10)6-8(9)12/h4-6,13H,2-3H2,1H3,(H,16,17). The zero-order valence-electron chi connectivity index (χ0n) is 9.68. The van der Waals surface area contributed by atoms with Gasteiger partial charge in [-0.3, -0.25) is 0 Å². The molecule has 0 atom stereocenters. The van der Waals surface area contributed by atoms with Crippen LogP contribution in [-0.4, -0.2) is 41.0 Å². The highest BCUT2D eigenvalue weighted by molar-refractivity contribution is 9.10. The van der Waals surface area contributed by atoms with Gasteiger partial charge in [0.2, 0.25) is 0 Å². The zero-order valence-corrected chi connectivity index (χ0v) is 11.3. The summed E-state index contributed by atoms with van der Waals surface area (Å²) in [4.78, 5) is 11.0. The normalized spacial score (nSPS) is 10.8. The molecule has 0 spiro atoms. The summed E-state index contributed by atoms with van der Waals surface area (Å²) < 4.78 is 7.28. The second-order valence-electron chi connectivity index (χ2n) is 3.65. The first-order valence-corrected chi connectivity index (χ1v) is 6.05. The summed E-state index contributed by atoms with van der Waals surface area (Å²) in [7, 11) is 1.62. The first-order chi connectivity index (χ1) is 8.63. The third kappa shape index (κ3) is 2.46. The van der Waals surface area contributed by atoms with Crippen molar-refractivity contribution in [3.63, 3.8) is 0 Å². The predicted molar refractivity (Wildman–Crippen MR) is 70.2 cm³/mol. The molecule has 2 aromatic heterocycles. The number of halogens is 1. The molecular weight excluding hydrogens is 302 g/mol. The summed E-state index contributed by atoms with van der Waals surface area (Å²) in [5, 5.41) is 16.2. The number of aromatic nitrogens is 2. The summed E-state index contributed by atoms with van der Waals surface area (Å²) in [6.07, 6.45) is 3.06. The van der Waals surface area contributed by atoms with E-state index in [2.05, 4.69) is 26.3 Å². The fourth-order valence-corrected chi connectivity index (χ4v) is 2.04. The highest BCUT2D eigenvalue weighted by Gasteiger charge is 2.13. The Kier molecular flexibility index (Phi) is 3.83. The van der Waals surface area contributed by atoms with Crippen LogP contribution in [0.5, 0.6) is 0 Å². The van der Waals surface area contributed by atoms with Gasteiger partial charge < -0.3 is 15.2 Å². The molecule has 2 aromatic rings. The van der Waals surface area contributed by atoms with Gasteiger partial charge in [0.15, 0.2) is 0 Å². The number of rotatable bonds is 5. The largest absolute Gasteiger partial charge is 0.478 e. The SMILES string of the molecule is COCCNc1cc2c(C(=O)O)cnn2cc1Br. The van der Waals surface area contributed by atoms with Crippen LogP contribution in [0.4, 0.5) is 5.69 Å². The number of ether oxygens (including phenoxy) is 1. The molecule has 2 heterocycles. The Morgan fingerprint density at radius 2 is 2.44 bits per heavy atom. The summed E-state index contributed by atoms with van der Waals surface area (Å²) in [5.41, 5.74) is 1.53. The molecule has 0 amide bonds. The van der Waals surface area contributed by atoms with Crippen LogP contribution in [0.1, 0.15) is 10.4 Å². The molecule has 0 fully saturated rings. The number of carboxylic acid groups (broad SMARTS) is 1. The minimum atomic E-state index is -0.991. The Balaban J connectivity index is 2.38. The number of hydrogen-bond acceptors (Lipinski definition) is 4. The first-order valence-electron chi connectivity index (χ1n) is 5.26. The zero-order chi connectivity index (χ0) is 13.1. The van der Waals surface area contributed by atoms with Crippen molar-refractivity contribution in [1.82, 2.24) is 9.61 Å². The highest BCUT2D eigenvalue weighted by atomic mass is 79.9. The van der Waals surface area contributed by atoms with E-state index in [9.17, 15) is 4.79 Å². The van der Waals surface area contributed by atoms with Crippen molar-refractivity contribution < 1.29 is 14.6 Å². The number of nitrogens with one attached hydrogen (secondary N) is 1. The van der Waals surface area contributed by atoms with Crippen molar-refractivity contribution in [2.24, 2.45) is 0 Å². The molecule has 0 saturated carbocycles. The van der Waals surface area contributed by atoms with Crippen LogP contribution in [-0.2, 0) is 4.74 Å². The van der Waals surface area contributed by atoms with E-state index in [-0.39, 0.29) is 5.56 Å². The maximum absolute atomic E-state index is 11.0. The topological polar surface area (TPSA) is 75.9 Å². The van der Waals surface area contributed by atoms with E-state index in [1.807, 2.05) is 0 Å². The lowest BCUT2D eigenvalue weighted by Crippen LogP contribution is -2.08. The maximum atomic E-state index is 11.0. The second kappa shape index (κ2) is 5.36. The molecule has 0 unspecified atom stereocenters. The second-order valence-corrected chi connectivity index (χ2v) is 4.50. The smallest absolute Gasteiger partial charge is 0.339 e. The number of pyridine rings is 1. The summed E-state index contributed by atoms with van der Waals surface area (Å²) >= 11 is 3.40. The molecule has 7 heteroatoms. The number of anilines is 1. The molecule has 0 radical (unpaired) electrons. The van der Waals surface area contributed by atoms with Crippen molar-refractivity contribution >= 4 is 33.1 Å². The molecule has 2 rings (SSSR count). The number of hydrogen-bond donors (Lipinski definition) is 2. The van der Waals surface area contributed by atoms with Gasteiger partial charge in [-0.25, -0.2) is 9.31 Å². The van der Waals surface area contributed by atoms with E-state index in [4.69, 9.17) is 9.84 Å². The Hall–Kier alpha value is -1.60. The lowest BCUT2D eigenvalue weighted by atomic mass is 10.2. The summed E-state index contributed by atoms with van der Waals surface area (Å²) in [6.45, 7) is 1.21. The molecule has 0 aliphatic heterocycles. The first kappa shape index (κ1) is 12.8. The van der Waals surface area contributed by atoms with Gasteiger partial charge in [0, 0.05) is 19.9 Å². The van der Waals surface area contributed by atoms with Crippen LogP contribution >= 0.6 is 15.9 Å². The van der Waals surface area contributed by atoms with Crippen LogP contribution in [0.15, 0.2) is 22.9 Å². The lowest BCUT2D eigenvalue weighted by molar-refractivity contribution is 0.0699. The average Bonchev–Trinajstić information content (AvgIpc) is 2.72. The van der Waals surface area contributed by atoms with Crippen molar-refractivity contribution in [1.29, 1.82) is 0 Å². The minimum Gasteiger partial charge on any atom is -0.478 e. The molecule has 18 heavy (non-hydrogen) atoms. The molecular formula is C11H12BrN3O3. The van der Waals surface area contributed by atoms with Gasteiger partial charge in [-0.15, -0.1) is 0 Å². The number of methoxy groups -OCH3 is 1. The fourth-order valence-electron chi connectivity index (χ4n) is 1.59. The maximum Gasteiger partial charge on any atom is 0.339 e. The molecule has 0 saturated heterocycles. The van der Waals surface area contributed by atoms with E-state index in [1.54, 1.807) is 19.4 Å². The Labute approximate surface area is 112 Å². The number of nitrogens with zero attached hydrogens (tertiary/aromatic N) is 2. The van der Waals surface area contributed by atoms with Crippen LogP contribution in [0.3, 0.4) is 0 Å². The average molecular weight is 314 g/mol. The number of aromatic carboxylic acids is 1. The summed E-state index contributed by atoms with van der Waals surface area (Å²) in [6, 6.07) is 1.75. The van der Waals surface area contributed by atoms with Crippen molar-refractivity contribution in [3.05, 3.63) is 28.5 Å². The van der Waals surface area contributed by atoms with Gasteiger partial charge in [0.25, 0.3) is 0 Å². The monoisotopic (exact) mass is 313 g/mol. The van der Waals surface area contributed by atoms with Crippen LogP contribution in [0, 0.1) is 0 Å². The van der Waals surface area contributed by atoms with E-state index in [0.29, 0.717) is 18.7 Å². The molecule has 0 bridgehead atoms. The minimum absolute atomic E-state index is 0.178. The van der Waals surface area contributed by atoms with Crippen LogP contribution < -0.4 is 5.32 Å². The molecule has 0 aliphatic rings. The number of carboxylic acids is 1. The highest BCUT2D eigenvalue weighted by Crippen LogP contribution is 2.25. The summed E-state index contributed by atoms with van der Waals surface area (Å²) in [5.74, 6) is -0.991. The van der Waals surface area contributed by atoms with E-state index < -0.39 is 5.97 Å². The van der Waals surface area contributed by atoms with Crippen molar-refractivity contribution in [2.75, 3.05) is 25.6 Å². The van der Waals surface area contributed by atoms with Gasteiger partial charge in [-0.2, -0.15) is 5.10 Å². The van der Waals surface area contributed by atoms with E-state index in [1.165, 1.54) is 10.7 Å². The van der Waals surface area contributed by atoms with Gasteiger partial charge in [-0.1, -0.05) is 0 Å². The quantitative estimate of drug-likeness (QED) is 0.824. The van der Waals surface area contributed by atoms with Crippen molar-refractivity contribution in [2.45, 2.75) is 0 Å². The third-order valence-electron chi connectivity index (χ3n) is 2.46. The van der Waals surface area contributed by atoms with E-state index >= 15 is 0 Å². The Morgan fingerprint density at radius 3 is 3.11 bits per heavy atom. The molecule has 6 nitrogen and oxygen atoms in total. The molecule has 0 aromatic carbocycles. The Bertz CT molecular complexity index is 582. The third-order valence-corrected chi connectivity index (χ3v) is 3.09. The van der Waals surface area contributed by atoms with E-state index in [0.717, 1.165) is 10.2 Å².